The number of likely N-dealkylation sites (tertiary alicyclic amines) is 1. The summed E-state index contributed by atoms with van der Waals surface area (Å²) in [5.41, 5.74) is 5.60. The molecule has 2 aliphatic heterocycles. The minimum Gasteiger partial charge on any atom is -0.341 e. The van der Waals surface area contributed by atoms with Crippen LogP contribution in [0.2, 0.25) is 0 Å². The molecule has 1 fully saturated rings. The molecule has 2 aliphatic rings. The number of fused-ring (bicyclic) bond motifs is 1. The third-order valence-electron chi connectivity index (χ3n) is 5.50. The van der Waals surface area contributed by atoms with E-state index in [2.05, 4.69) is 42.2 Å². The van der Waals surface area contributed by atoms with Gasteiger partial charge in [0.25, 0.3) is 5.91 Å². The average Bonchev–Trinajstić information content (AvgIpc) is 2.68. The van der Waals surface area contributed by atoms with Gasteiger partial charge in [-0.1, -0.05) is 17.7 Å². The van der Waals surface area contributed by atoms with Crippen molar-refractivity contribution >= 4 is 17.3 Å². The summed E-state index contributed by atoms with van der Waals surface area (Å²) in [6.45, 7) is 4.13. The number of anilines is 2. The van der Waals surface area contributed by atoms with Gasteiger partial charge in [-0.15, -0.1) is 0 Å². The predicted octanol–water partition coefficient (Wildman–Crippen LogP) is 4.65. The van der Waals surface area contributed by atoms with Crippen LogP contribution in [0.5, 0.6) is 0 Å². The van der Waals surface area contributed by atoms with Gasteiger partial charge in [-0.3, -0.25) is 4.79 Å². The zero-order valence-electron chi connectivity index (χ0n) is 15.2. The fourth-order valence-electron chi connectivity index (χ4n) is 3.96. The number of amides is 1. The molecule has 2 heterocycles. The lowest BCUT2D eigenvalue weighted by Gasteiger charge is -2.32. The molecule has 136 valence electrons. The van der Waals surface area contributed by atoms with Crippen molar-refractivity contribution in [3.05, 3.63) is 59.2 Å². The highest BCUT2D eigenvalue weighted by molar-refractivity contribution is 5.95. The first kappa shape index (κ1) is 17.1. The van der Waals surface area contributed by atoms with Crippen LogP contribution in [0, 0.1) is 6.92 Å². The Morgan fingerprint density at radius 3 is 2.50 bits per heavy atom. The van der Waals surface area contributed by atoms with E-state index in [1.54, 1.807) is 4.90 Å². The zero-order valence-corrected chi connectivity index (χ0v) is 15.2. The Kier molecular flexibility index (Phi) is 4.66. The third kappa shape index (κ3) is 3.33. The Morgan fingerprint density at radius 2 is 1.77 bits per heavy atom. The predicted molar refractivity (Wildman–Crippen MR) is 103 cm³/mol. The molecule has 26 heavy (non-hydrogen) atoms. The summed E-state index contributed by atoms with van der Waals surface area (Å²) >= 11 is 0. The minimum atomic E-state index is -0.759. The number of halogens is 1. The molecular weight excluding hydrogens is 327 g/mol. The van der Waals surface area contributed by atoms with Gasteiger partial charge in [-0.25, -0.2) is 4.39 Å². The van der Waals surface area contributed by atoms with Crippen molar-refractivity contribution in [3.63, 3.8) is 0 Å². The lowest BCUT2D eigenvalue weighted by atomic mass is 9.97. The van der Waals surface area contributed by atoms with E-state index in [9.17, 15) is 9.18 Å². The van der Waals surface area contributed by atoms with E-state index in [-0.39, 0.29) is 5.91 Å². The van der Waals surface area contributed by atoms with E-state index in [0.717, 1.165) is 24.9 Å². The summed E-state index contributed by atoms with van der Waals surface area (Å²) in [6, 6.07) is 14.6. The topological polar surface area (TPSA) is 23.6 Å². The number of carbonyl (C=O) groups is 1. The maximum atomic E-state index is 13.3. The lowest BCUT2D eigenvalue weighted by molar-refractivity contribution is 0.0667. The number of benzene rings is 2. The first-order valence-corrected chi connectivity index (χ1v) is 9.52. The second kappa shape index (κ2) is 7.10. The van der Waals surface area contributed by atoms with Crippen molar-refractivity contribution < 1.29 is 9.18 Å². The van der Waals surface area contributed by atoms with Gasteiger partial charge in [0, 0.05) is 36.6 Å². The molecule has 0 unspecified atom stereocenters. The number of rotatable bonds is 2. The summed E-state index contributed by atoms with van der Waals surface area (Å²) in [5.74, 6) is 0.0344. The SMILES string of the molecule is Cc1ccc(N2CCCc3cc(C(=O)N4CCC(F)CC4)ccc32)cc1. The fraction of sp³-hybridized carbons (Fsp3) is 0.409. The van der Waals surface area contributed by atoms with Crippen molar-refractivity contribution in [2.75, 3.05) is 24.5 Å². The molecule has 1 saturated heterocycles. The van der Waals surface area contributed by atoms with E-state index in [1.165, 1.54) is 22.5 Å². The molecule has 0 spiro atoms. The molecule has 0 bridgehead atoms. The van der Waals surface area contributed by atoms with Crippen LogP contribution in [0.1, 0.15) is 40.7 Å². The highest BCUT2D eigenvalue weighted by Crippen LogP contribution is 2.34. The Labute approximate surface area is 154 Å². The summed E-state index contributed by atoms with van der Waals surface area (Å²) in [6.07, 6.45) is 2.22. The van der Waals surface area contributed by atoms with Gasteiger partial charge in [0.2, 0.25) is 0 Å². The van der Waals surface area contributed by atoms with Gasteiger partial charge in [-0.05, 0) is 68.5 Å². The van der Waals surface area contributed by atoms with Gasteiger partial charge in [0.1, 0.15) is 6.17 Å². The van der Waals surface area contributed by atoms with E-state index in [1.807, 2.05) is 12.1 Å². The van der Waals surface area contributed by atoms with Crippen LogP contribution in [0.4, 0.5) is 15.8 Å². The number of piperidine rings is 1. The molecule has 0 N–H and O–H groups in total. The van der Waals surface area contributed by atoms with Crippen LogP contribution >= 0.6 is 0 Å². The lowest BCUT2D eigenvalue weighted by Crippen LogP contribution is -2.39. The van der Waals surface area contributed by atoms with E-state index in [0.29, 0.717) is 25.9 Å². The van der Waals surface area contributed by atoms with E-state index >= 15 is 0 Å². The van der Waals surface area contributed by atoms with Gasteiger partial charge in [-0.2, -0.15) is 0 Å². The number of nitrogens with zero attached hydrogens (tertiary/aromatic N) is 2. The molecule has 0 radical (unpaired) electrons. The standard InChI is InChI=1S/C22H25FN2O/c1-16-4-7-20(8-5-16)25-12-2-3-17-15-18(6-9-21(17)25)22(26)24-13-10-19(23)11-14-24/h4-9,15,19H,2-3,10-14H2,1H3. The Bertz CT molecular complexity index is 794. The van der Waals surface area contributed by atoms with Gasteiger partial charge >= 0.3 is 0 Å². The maximum Gasteiger partial charge on any atom is 0.253 e. The van der Waals surface area contributed by atoms with E-state index < -0.39 is 6.17 Å². The Balaban J connectivity index is 1.58. The molecule has 2 aromatic carbocycles. The third-order valence-corrected chi connectivity index (χ3v) is 5.50. The first-order chi connectivity index (χ1) is 12.6. The number of aryl methyl sites for hydroxylation is 2. The molecular formula is C22H25FN2O. The maximum absolute atomic E-state index is 13.3. The number of carbonyl (C=O) groups excluding carboxylic acids is 1. The van der Waals surface area contributed by atoms with Crippen LogP contribution < -0.4 is 4.90 Å². The molecule has 0 atom stereocenters. The smallest absolute Gasteiger partial charge is 0.253 e. The Hall–Kier alpha value is -2.36. The molecule has 1 amide bonds. The van der Waals surface area contributed by atoms with Gasteiger partial charge in [0.05, 0.1) is 0 Å². The zero-order chi connectivity index (χ0) is 18.1. The normalized spacial score (nSPS) is 17.9. The second-order valence-corrected chi connectivity index (χ2v) is 7.40. The summed E-state index contributed by atoms with van der Waals surface area (Å²) in [5, 5.41) is 0. The summed E-state index contributed by atoms with van der Waals surface area (Å²) < 4.78 is 13.3. The molecule has 3 nitrogen and oxygen atoms in total. The molecule has 0 saturated carbocycles. The van der Waals surface area contributed by atoms with Crippen LogP contribution in [-0.2, 0) is 6.42 Å². The molecule has 2 aromatic rings. The van der Waals surface area contributed by atoms with Crippen LogP contribution in [-0.4, -0.2) is 36.6 Å². The van der Waals surface area contributed by atoms with Crippen molar-refractivity contribution in [2.45, 2.75) is 38.8 Å². The van der Waals surface area contributed by atoms with Crippen molar-refractivity contribution in [2.24, 2.45) is 0 Å². The van der Waals surface area contributed by atoms with E-state index in [4.69, 9.17) is 0 Å². The van der Waals surface area contributed by atoms with Crippen molar-refractivity contribution in [3.8, 4) is 0 Å². The molecule has 0 aliphatic carbocycles. The largest absolute Gasteiger partial charge is 0.341 e. The van der Waals surface area contributed by atoms with Crippen molar-refractivity contribution in [1.82, 2.24) is 4.90 Å². The quantitative estimate of drug-likeness (QED) is 0.785. The fourth-order valence-corrected chi connectivity index (χ4v) is 3.96. The number of hydrogen-bond donors (Lipinski definition) is 0. The monoisotopic (exact) mass is 352 g/mol. The second-order valence-electron chi connectivity index (χ2n) is 7.40. The summed E-state index contributed by atoms with van der Waals surface area (Å²) in [4.78, 5) is 16.9. The van der Waals surface area contributed by atoms with Crippen LogP contribution in [0.25, 0.3) is 0 Å². The average molecular weight is 352 g/mol. The number of hydrogen-bond acceptors (Lipinski definition) is 2. The van der Waals surface area contributed by atoms with Crippen molar-refractivity contribution in [1.29, 1.82) is 0 Å². The molecule has 0 aromatic heterocycles. The highest BCUT2D eigenvalue weighted by atomic mass is 19.1. The number of alkyl halides is 1. The molecule has 4 heteroatoms. The Morgan fingerprint density at radius 1 is 1.04 bits per heavy atom. The highest BCUT2D eigenvalue weighted by Gasteiger charge is 2.25. The van der Waals surface area contributed by atoms with Gasteiger partial charge in [0.15, 0.2) is 0 Å². The molecule has 4 rings (SSSR count). The van der Waals surface area contributed by atoms with Crippen LogP contribution in [0.15, 0.2) is 42.5 Å². The summed E-state index contributed by atoms with van der Waals surface area (Å²) in [7, 11) is 0. The van der Waals surface area contributed by atoms with Gasteiger partial charge < -0.3 is 9.80 Å². The minimum absolute atomic E-state index is 0.0344. The first-order valence-electron chi connectivity index (χ1n) is 9.52. The van der Waals surface area contributed by atoms with Crippen LogP contribution in [0.3, 0.4) is 0 Å².